The minimum atomic E-state index is -1.57. The highest BCUT2D eigenvalue weighted by atomic mass is 35.5. The molecule has 0 atom stereocenters. The van der Waals surface area contributed by atoms with Gasteiger partial charge in [0.05, 0.1) is 11.4 Å². The summed E-state index contributed by atoms with van der Waals surface area (Å²) < 4.78 is 39.1. The number of benzene rings is 1. The predicted molar refractivity (Wildman–Crippen MR) is 63.3 cm³/mol. The predicted octanol–water partition coefficient (Wildman–Crippen LogP) is 3.48. The van der Waals surface area contributed by atoms with Gasteiger partial charge in [0, 0.05) is 0 Å². The van der Waals surface area contributed by atoms with Gasteiger partial charge in [0.25, 0.3) is 0 Å². The van der Waals surface area contributed by atoms with E-state index in [9.17, 15) is 13.2 Å². The summed E-state index contributed by atoms with van der Waals surface area (Å²) in [5.74, 6) is -4.13. The Hall–Kier alpha value is -1.95. The van der Waals surface area contributed by atoms with Gasteiger partial charge in [0.2, 0.25) is 0 Å². The normalized spacial score (nSPS) is 10.4. The molecular weight excluding hydrogens is 267 g/mol. The first-order valence-corrected chi connectivity index (χ1v) is 5.19. The lowest BCUT2D eigenvalue weighted by molar-refractivity contribution is 0.449. The molecule has 1 aromatic heterocycles. The van der Waals surface area contributed by atoms with Crippen LogP contribution < -0.4 is 11.1 Å². The van der Waals surface area contributed by atoms with Crippen molar-refractivity contribution in [1.82, 2.24) is 4.98 Å². The van der Waals surface area contributed by atoms with Gasteiger partial charge in [-0.05, 0) is 24.3 Å². The van der Waals surface area contributed by atoms with Crippen LogP contribution in [0.15, 0.2) is 24.3 Å². The van der Waals surface area contributed by atoms with Crippen LogP contribution in [0.2, 0.25) is 5.15 Å². The molecule has 0 saturated heterocycles. The first kappa shape index (κ1) is 12.5. The number of hydrogen-bond donors (Lipinski definition) is 2. The molecule has 94 valence electrons. The van der Waals surface area contributed by atoms with Gasteiger partial charge < -0.3 is 11.1 Å². The van der Waals surface area contributed by atoms with Crippen molar-refractivity contribution in [3.8, 4) is 0 Å². The number of nitrogens with one attached hydrogen (secondary N) is 1. The number of halogens is 4. The van der Waals surface area contributed by atoms with Gasteiger partial charge in [0.15, 0.2) is 23.3 Å². The van der Waals surface area contributed by atoms with Crippen LogP contribution >= 0.6 is 11.6 Å². The lowest BCUT2D eigenvalue weighted by Gasteiger charge is -2.09. The third-order valence-electron chi connectivity index (χ3n) is 2.18. The summed E-state index contributed by atoms with van der Waals surface area (Å²) in [7, 11) is 0. The third kappa shape index (κ3) is 2.33. The molecule has 1 heterocycles. The number of nitrogens with zero attached hydrogens (tertiary/aromatic N) is 1. The summed E-state index contributed by atoms with van der Waals surface area (Å²) >= 11 is 5.64. The second-order valence-corrected chi connectivity index (χ2v) is 3.81. The Kier molecular flexibility index (Phi) is 3.29. The molecule has 3 nitrogen and oxygen atoms in total. The fourth-order valence-corrected chi connectivity index (χ4v) is 1.44. The van der Waals surface area contributed by atoms with Crippen LogP contribution in [-0.4, -0.2) is 4.98 Å². The van der Waals surface area contributed by atoms with Crippen molar-refractivity contribution in [1.29, 1.82) is 0 Å². The average molecular weight is 274 g/mol. The molecule has 0 amide bonds. The quantitative estimate of drug-likeness (QED) is 0.651. The van der Waals surface area contributed by atoms with Crippen LogP contribution in [0.25, 0.3) is 0 Å². The lowest BCUT2D eigenvalue weighted by atomic mass is 10.2. The third-order valence-corrected chi connectivity index (χ3v) is 2.39. The van der Waals surface area contributed by atoms with E-state index in [-0.39, 0.29) is 22.3 Å². The van der Waals surface area contributed by atoms with Crippen LogP contribution in [-0.2, 0) is 0 Å². The van der Waals surface area contributed by atoms with Crippen LogP contribution in [0.4, 0.5) is 30.4 Å². The lowest BCUT2D eigenvalue weighted by Crippen LogP contribution is -2.03. The van der Waals surface area contributed by atoms with E-state index in [0.29, 0.717) is 0 Å². The minimum Gasteiger partial charge on any atom is -0.396 e. The van der Waals surface area contributed by atoms with Gasteiger partial charge in [-0.2, -0.15) is 0 Å². The Balaban J connectivity index is 2.40. The van der Waals surface area contributed by atoms with Crippen molar-refractivity contribution in [2.75, 3.05) is 11.1 Å². The zero-order chi connectivity index (χ0) is 13.3. The summed E-state index contributed by atoms with van der Waals surface area (Å²) in [6.07, 6.45) is 0. The van der Waals surface area contributed by atoms with Crippen molar-refractivity contribution in [3.63, 3.8) is 0 Å². The van der Waals surface area contributed by atoms with Gasteiger partial charge >= 0.3 is 0 Å². The van der Waals surface area contributed by atoms with E-state index < -0.39 is 17.5 Å². The van der Waals surface area contributed by atoms with E-state index in [1.165, 1.54) is 12.1 Å². The number of nitrogen functional groups attached to an aromatic ring is 1. The molecular formula is C11H7ClF3N3. The molecule has 0 aliphatic heterocycles. The zero-order valence-corrected chi connectivity index (χ0v) is 9.60. The molecule has 0 radical (unpaired) electrons. The standard InChI is InChI=1S/C11H7ClF3N3/c12-8-4-2-6(16)11(18-8)17-7-3-1-5(13)9(14)10(7)15/h1-4H,16H2,(H,17,18). The van der Waals surface area contributed by atoms with E-state index in [4.69, 9.17) is 17.3 Å². The van der Waals surface area contributed by atoms with E-state index >= 15 is 0 Å². The number of nitrogens with two attached hydrogens (primary N) is 1. The molecule has 0 bridgehead atoms. The Morgan fingerprint density at radius 1 is 1.06 bits per heavy atom. The van der Waals surface area contributed by atoms with E-state index in [1.807, 2.05) is 0 Å². The van der Waals surface area contributed by atoms with Crippen LogP contribution in [0.5, 0.6) is 0 Å². The fraction of sp³-hybridized carbons (Fsp3) is 0. The Labute approximate surface area is 105 Å². The Morgan fingerprint density at radius 3 is 2.50 bits per heavy atom. The SMILES string of the molecule is Nc1ccc(Cl)nc1Nc1ccc(F)c(F)c1F. The summed E-state index contributed by atoms with van der Waals surface area (Å²) in [4.78, 5) is 3.81. The van der Waals surface area contributed by atoms with Gasteiger partial charge in [-0.25, -0.2) is 18.2 Å². The molecule has 7 heteroatoms. The molecule has 3 N–H and O–H groups in total. The molecule has 0 aliphatic rings. The molecule has 0 unspecified atom stereocenters. The molecule has 0 spiro atoms. The number of hydrogen-bond acceptors (Lipinski definition) is 3. The van der Waals surface area contributed by atoms with Crippen molar-refractivity contribution in [2.45, 2.75) is 0 Å². The summed E-state index contributed by atoms with van der Waals surface area (Å²) in [6, 6.07) is 4.73. The van der Waals surface area contributed by atoms with Gasteiger partial charge in [-0.1, -0.05) is 11.6 Å². The summed E-state index contributed by atoms with van der Waals surface area (Å²) in [5.41, 5.74) is 5.50. The van der Waals surface area contributed by atoms with E-state index in [1.54, 1.807) is 0 Å². The molecule has 2 aromatic rings. The Morgan fingerprint density at radius 2 is 1.78 bits per heavy atom. The van der Waals surface area contributed by atoms with E-state index in [0.717, 1.165) is 12.1 Å². The van der Waals surface area contributed by atoms with Gasteiger partial charge in [0.1, 0.15) is 5.15 Å². The number of anilines is 3. The highest BCUT2D eigenvalue weighted by Crippen LogP contribution is 2.26. The largest absolute Gasteiger partial charge is 0.396 e. The van der Waals surface area contributed by atoms with Crippen molar-refractivity contribution in [2.24, 2.45) is 0 Å². The second-order valence-electron chi connectivity index (χ2n) is 3.42. The highest BCUT2D eigenvalue weighted by molar-refractivity contribution is 6.29. The fourth-order valence-electron chi connectivity index (χ4n) is 1.30. The maximum absolute atomic E-state index is 13.4. The number of aromatic nitrogens is 1. The van der Waals surface area contributed by atoms with Crippen LogP contribution in [0.3, 0.4) is 0 Å². The first-order chi connectivity index (χ1) is 8.49. The van der Waals surface area contributed by atoms with E-state index in [2.05, 4.69) is 10.3 Å². The second kappa shape index (κ2) is 4.73. The van der Waals surface area contributed by atoms with Crippen molar-refractivity contribution < 1.29 is 13.2 Å². The van der Waals surface area contributed by atoms with Crippen molar-refractivity contribution >= 4 is 28.8 Å². The number of rotatable bonds is 2. The monoisotopic (exact) mass is 273 g/mol. The van der Waals surface area contributed by atoms with Crippen LogP contribution in [0.1, 0.15) is 0 Å². The zero-order valence-electron chi connectivity index (χ0n) is 8.85. The maximum Gasteiger partial charge on any atom is 0.196 e. The smallest absolute Gasteiger partial charge is 0.196 e. The maximum atomic E-state index is 13.4. The molecule has 2 rings (SSSR count). The molecule has 0 saturated carbocycles. The molecule has 0 aliphatic carbocycles. The molecule has 1 aromatic carbocycles. The summed E-state index contributed by atoms with van der Waals surface area (Å²) in [5, 5.41) is 2.58. The summed E-state index contributed by atoms with van der Waals surface area (Å²) in [6.45, 7) is 0. The topological polar surface area (TPSA) is 50.9 Å². The van der Waals surface area contributed by atoms with Gasteiger partial charge in [-0.3, -0.25) is 0 Å². The highest BCUT2D eigenvalue weighted by Gasteiger charge is 2.14. The Bertz CT molecular complexity index is 604. The van der Waals surface area contributed by atoms with Crippen molar-refractivity contribution in [3.05, 3.63) is 46.9 Å². The average Bonchev–Trinajstić information content (AvgIpc) is 2.34. The molecule has 18 heavy (non-hydrogen) atoms. The number of pyridine rings is 1. The molecule has 0 fully saturated rings. The first-order valence-electron chi connectivity index (χ1n) is 4.81. The van der Waals surface area contributed by atoms with Gasteiger partial charge in [-0.15, -0.1) is 0 Å². The van der Waals surface area contributed by atoms with Crippen LogP contribution in [0, 0.1) is 17.5 Å². The minimum absolute atomic E-state index is 0.0624.